The zero-order valence-corrected chi connectivity index (χ0v) is 16.2. The molecule has 146 valence electrons. The molecule has 0 saturated carbocycles. The molecule has 1 unspecified atom stereocenters. The Morgan fingerprint density at radius 2 is 2.04 bits per heavy atom. The quantitative estimate of drug-likeness (QED) is 0.728. The van der Waals surface area contributed by atoms with E-state index in [0.29, 0.717) is 17.3 Å². The molecular formula is C21H27NO5. The Hall–Kier alpha value is -2.34. The van der Waals surface area contributed by atoms with Crippen molar-refractivity contribution < 1.29 is 18.7 Å². The third kappa shape index (κ3) is 4.50. The number of piperidine rings is 1. The number of amides is 1. The number of likely N-dealkylation sites (tertiary alicyclic amines) is 1. The second-order valence-electron chi connectivity index (χ2n) is 7.09. The Kier molecular flexibility index (Phi) is 6.16. The van der Waals surface area contributed by atoms with Crippen molar-refractivity contribution in [2.75, 3.05) is 26.8 Å². The first-order valence-corrected chi connectivity index (χ1v) is 9.53. The number of fused-ring (bicyclic) bond motifs is 1. The van der Waals surface area contributed by atoms with Crippen molar-refractivity contribution >= 4 is 16.9 Å². The van der Waals surface area contributed by atoms with Gasteiger partial charge in [-0.05, 0) is 49.8 Å². The molecule has 1 saturated heterocycles. The van der Waals surface area contributed by atoms with Gasteiger partial charge in [-0.15, -0.1) is 0 Å². The maximum Gasteiger partial charge on any atom is 0.336 e. The fourth-order valence-electron chi connectivity index (χ4n) is 3.64. The van der Waals surface area contributed by atoms with Crippen LogP contribution in [-0.4, -0.2) is 43.7 Å². The zero-order chi connectivity index (χ0) is 19.4. The van der Waals surface area contributed by atoms with E-state index in [1.54, 1.807) is 20.1 Å². The summed E-state index contributed by atoms with van der Waals surface area (Å²) < 4.78 is 16.3. The first kappa shape index (κ1) is 19.4. The number of rotatable bonds is 6. The number of nitrogens with zero attached hydrogens (tertiary/aromatic N) is 1. The van der Waals surface area contributed by atoms with Crippen molar-refractivity contribution in [2.24, 2.45) is 5.92 Å². The summed E-state index contributed by atoms with van der Waals surface area (Å²) in [6.07, 6.45) is 2.05. The van der Waals surface area contributed by atoms with Gasteiger partial charge in [0.15, 0.2) is 6.10 Å². The predicted molar refractivity (Wildman–Crippen MR) is 103 cm³/mol. The first-order valence-electron chi connectivity index (χ1n) is 9.53. The summed E-state index contributed by atoms with van der Waals surface area (Å²) in [4.78, 5) is 26.2. The highest BCUT2D eigenvalue weighted by molar-refractivity contribution is 5.83. The number of benzene rings is 1. The molecular weight excluding hydrogens is 346 g/mol. The minimum atomic E-state index is -0.595. The zero-order valence-electron chi connectivity index (χ0n) is 16.2. The number of aryl methyl sites for hydroxylation is 1. The number of carbonyl (C=O) groups excluding carboxylic acids is 1. The van der Waals surface area contributed by atoms with Crippen LogP contribution in [0.2, 0.25) is 0 Å². The Labute approximate surface area is 159 Å². The van der Waals surface area contributed by atoms with Gasteiger partial charge in [0, 0.05) is 44.3 Å². The molecule has 0 radical (unpaired) electrons. The van der Waals surface area contributed by atoms with E-state index in [0.717, 1.165) is 49.9 Å². The third-order valence-corrected chi connectivity index (χ3v) is 5.17. The summed E-state index contributed by atoms with van der Waals surface area (Å²) in [5, 5.41) is 0.892. The second kappa shape index (κ2) is 8.57. The second-order valence-corrected chi connectivity index (χ2v) is 7.09. The lowest BCUT2D eigenvalue weighted by atomic mass is 9.97. The molecule has 1 aromatic carbocycles. The summed E-state index contributed by atoms with van der Waals surface area (Å²) >= 11 is 0. The summed E-state index contributed by atoms with van der Waals surface area (Å²) in [5.41, 5.74) is 1.05. The molecule has 1 aromatic heterocycles. The van der Waals surface area contributed by atoms with Gasteiger partial charge in [0.1, 0.15) is 11.3 Å². The van der Waals surface area contributed by atoms with Crippen LogP contribution in [0.1, 0.15) is 32.3 Å². The van der Waals surface area contributed by atoms with Gasteiger partial charge in [0.2, 0.25) is 0 Å². The molecule has 3 rings (SSSR count). The Morgan fingerprint density at radius 1 is 1.30 bits per heavy atom. The first-order chi connectivity index (χ1) is 13.0. The Bertz CT molecular complexity index is 851. The number of hydrogen-bond donors (Lipinski definition) is 0. The van der Waals surface area contributed by atoms with Crippen LogP contribution >= 0.6 is 0 Å². The van der Waals surface area contributed by atoms with E-state index in [-0.39, 0.29) is 11.5 Å². The molecule has 2 heterocycles. The smallest absolute Gasteiger partial charge is 0.336 e. The van der Waals surface area contributed by atoms with Crippen LogP contribution < -0.4 is 10.4 Å². The molecule has 1 aliphatic rings. The molecule has 0 N–H and O–H groups in total. The van der Waals surface area contributed by atoms with Crippen LogP contribution in [0.25, 0.3) is 11.0 Å². The van der Waals surface area contributed by atoms with Crippen LogP contribution in [0.15, 0.2) is 33.5 Å². The van der Waals surface area contributed by atoms with E-state index in [9.17, 15) is 9.59 Å². The standard InChI is InChI=1S/C21H27NO5/c1-4-16-11-20(23)27-19-12-17(5-6-18(16)19)26-14(2)21(24)22-9-7-15(8-10-22)13-25-3/h5-6,11-12,14-15H,4,7-10,13H2,1-3H3. The summed E-state index contributed by atoms with van der Waals surface area (Å²) in [5.74, 6) is 1.02. The fraction of sp³-hybridized carbons (Fsp3) is 0.524. The Morgan fingerprint density at radius 3 is 2.70 bits per heavy atom. The van der Waals surface area contributed by atoms with Crippen molar-refractivity contribution in [1.29, 1.82) is 0 Å². The maximum absolute atomic E-state index is 12.7. The van der Waals surface area contributed by atoms with Crippen molar-refractivity contribution in [1.82, 2.24) is 4.90 Å². The molecule has 1 aliphatic heterocycles. The average Bonchev–Trinajstić information content (AvgIpc) is 2.67. The van der Waals surface area contributed by atoms with Crippen molar-refractivity contribution in [3.8, 4) is 5.75 Å². The lowest BCUT2D eigenvalue weighted by Crippen LogP contribution is -2.45. The van der Waals surface area contributed by atoms with Gasteiger partial charge in [-0.25, -0.2) is 4.79 Å². The maximum atomic E-state index is 12.7. The predicted octanol–water partition coefficient (Wildman–Crippen LogP) is 3.01. The highest BCUT2D eigenvalue weighted by atomic mass is 16.5. The van der Waals surface area contributed by atoms with Crippen molar-refractivity contribution in [3.05, 3.63) is 40.2 Å². The molecule has 2 aromatic rings. The normalized spacial score (nSPS) is 16.5. The lowest BCUT2D eigenvalue weighted by Gasteiger charge is -2.33. The molecule has 6 heteroatoms. The van der Waals surface area contributed by atoms with Crippen LogP contribution in [0, 0.1) is 5.92 Å². The SMILES string of the molecule is CCc1cc(=O)oc2cc(OC(C)C(=O)N3CCC(COC)CC3)ccc12. The van der Waals surface area contributed by atoms with Crippen LogP contribution in [0.3, 0.4) is 0 Å². The van der Waals surface area contributed by atoms with E-state index >= 15 is 0 Å². The van der Waals surface area contributed by atoms with Crippen LogP contribution in [0.4, 0.5) is 0 Å². The summed E-state index contributed by atoms with van der Waals surface area (Å²) in [6.45, 7) is 5.96. The monoisotopic (exact) mass is 373 g/mol. The van der Waals surface area contributed by atoms with Gasteiger partial charge < -0.3 is 18.8 Å². The third-order valence-electron chi connectivity index (χ3n) is 5.17. The topological polar surface area (TPSA) is 69.0 Å². The highest BCUT2D eigenvalue weighted by Gasteiger charge is 2.27. The molecule has 0 bridgehead atoms. The number of ether oxygens (including phenoxy) is 2. The van der Waals surface area contributed by atoms with Gasteiger partial charge in [0.25, 0.3) is 5.91 Å². The van der Waals surface area contributed by atoms with E-state index in [1.165, 1.54) is 6.07 Å². The molecule has 27 heavy (non-hydrogen) atoms. The molecule has 1 amide bonds. The van der Waals surface area contributed by atoms with E-state index in [2.05, 4.69) is 0 Å². The van der Waals surface area contributed by atoms with Gasteiger partial charge >= 0.3 is 5.63 Å². The van der Waals surface area contributed by atoms with E-state index in [4.69, 9.17) is 13.9 Å². The van der Waals surface area contributed by atoms with Gasteiger partial charge in [0.05, 0.1) is 0 Å². The molecule has 1 fully saturated rings. The molecule has 0 spiro atoms. The van der Waals surface area contributed by atoms with E-state index < -0.39 is 6.10 Å². The van der Waals surface area contributed by atoms with Crippen molar-refractivity contribution in [3.63, 3.8) is 0 Å². The number of methoxy groups -OCH3 is 1. The van der Waals surface area contributed by atoms with Crippen molar-refractivity contribution in [2.45, 2.75) is 39.2 Å². The van der Waals surface area contributed by atoms with Crippen LogP contribution in [0.5, 0.6) is 5.75 Å². The molecule has 1 atom stereocenters. The Balaban J connectivity index is 1.68. The van der Waals surface area contributed by atoms with Gasteiger partial charge in [-0.3, -0.25) is 4.79 Å². The fourth-order valence-corrected chi connectivity index (χ4v) is 3.64. The van der Waals surface area contributed by atoms with Gasteiger partial charge in [-0.1, -0.05) is 6.92 Å². The minimum Gasteiger partial charge on any atom is -0.481 e. The largest absolute Gasteiger partial charge is 0.481 e. The minimum absolute atomic E-state index is 0.0188. The highest BCUT2D eigenvalue weighted by Crippen LogP contribution is 2.24. The average molecular weight is 373 g/mol. The molecule has 6 nitrogen and oxygen atoms in total. The lowest BCUT2D eigenvalue weighted by molar-refractivity contribution is -0.139. The number of carbonyl (C=O) groups is 1. The summed E-state index contributed by atoms with van der Waals surface area (Å²) in [7, 11) is 1.71. The van der Waals surface area contributed by atoms with E-state index in [1.807, 2.05) is 24.0 Å². The summed E-state index contributed by atoms with van der Waals surface area (Å²) in [6, 6.07) is 6.89. The molecule has 0 aliphatic carbocycles. The number of hydrogen-bond acceptors (Lipinski definition) is 5. The van der Waals surface area contributed by atoms with Crippen LogP contribution in [-0.2, 0) is 16.0 Å². The van der Waals surface area contributed by atoms with Gasteiger partial charge in [-0.2, -0.15) is 0 Å².